The fourth-order valence-electron chi connectivity index (χ4n) is 4.01. The lowest BCUT2D eigenvalue weighted by Crippen LogP contribution is -2.53. The number of fused-ring (bicyclic) bond motifs is 4. The summed E-state index contributed by atoms with van der Waals surface area (Å²) in [4.78, 5) is 25.1. The molecule has 5 unspecified atom stereocenters. The van der Waals surface area contributed by atoms with Gasteiger partial charge >= 0.3 is 27.3 Å². The number of alkyl halides is 3. The van der Waals surface area contributed by atoms with E-state index < -0.39 is 58.2 Å². The standard InChI is InChI=1S/C18H15F3I2O8S2/c19-11(18(20,21)33(26,27)28)3-4-29-15(24)7-5-12-17(6-10(7)32-12)30-9-2-1-8(22)14(23)13(9)16(25)31-17/h1-2,7,10-12H,3-6H2,(H,26,27,28). The van der Waals surface area contributed by atoms with E-state index in [2.05, 4.69) is 22.6 Å². The van der Waals surface area contributed by atoms with E-state index in [1.807, 2.05) is 28.7 Å². The van der Waals surface area contributed by atoms with Crippen molar-refractivity contribution in [1.29, 1.82) is 0 Å². The van der Waals surface area contributed by atoms with Gasteiger partial charge < -0.3 is 14.2 Å². The Labute approximate surface area is 217 Å². The number of hydrogen-bond donors (Lipinski definition) is 1. The molecule has 2 saturated heterocycles. The first-order valence-corrected chi connectivity index (χ1v) is 14.0. The lowest BCUT2D eigenvalue weighted by Gasteiger charge is -2.40. The first-order valence-electron chi connectivity index (χ1n) is 9.48. The third kappa shape index (κ3) is 4.44. The van der Waals surface area contributed by atoms with Crippen molar-refractivity contribution in [2.45, 2.75) is 47.0 Å². The van der Waals surface area contributed by atoms with Crippen LogP contribution in [0.25, 0.3) is 0 Å². The summed E-state index contributed by atoms with van der Waals surface area (Å²) >= 11 is 5.53. The van der Waals surface area contributed by atoms with Crippen LogP contribution in [0.2, 0.25) is 0 Å². The minimum atomic E-state index is -5.93. The summed E-state index contributed by atoms with van der Waals surface area (Å²) in [5, 5.41) is -5.70. The molecule has 0 amide bonds. The zero-order valence-electron chi connectivity index (χ0n) is 16.3. The van der Waals surface area contributed by atoms with Crippen molar-refractivity contribution >= 4 is 79.0 Å². The van der Waals surface area contributed by atoms with Crippen molar-refractivity contribution < 1.29 is 49.9 Å². The second kappa shape index (κ2) is 8.85. The molecule has 1 aromatic carbocycles. The van der Waals surface area contributed by atoms with Crippen LogP contribution in [0.5, 0.6) is 5.75 Å². The van der Waals surface area contributed by atoms with Crippen LogP contribution in [0.4, 0.5) is 13.2 Å². The molecule has 2 fully saturated rings. The smallest absolute Gasteiger partial charge is 0.400 e. The Morgan fingerprint density at radius 1 is 1.36 bits per heavy atom. The monoisotopic (exact) mass is 734 g/mol. The fraction of sp³-hybridized carbons (Fsp3) is 0.556. The second-order valence-corrected chi connectivity index (χ2v) is 12.9. The van der Waals surface area contributed by atoms with Crippen LogP contribution in [0.15, 0.2) is 12.1 Å². The van der Waals surface area contributed by atoms with E-state index in [0.717, 1.165) is 3.57 Å². The van der Waals surface area contributed by atoms with Crippen molar-refractivity contribution in [3.63, 3.8) is 0 Å². The van der Waals surface area contributed by atoms with Crippen LogP contribution in [0, 0.1) is 13.1 Å². The van der Waals surface area contributed by atoms with Gasteiger partial charge in [-0.05, 0) is 63.7 Å². The van der Waals surface area contributed by atoms with Gasteiger partial charge in [0.15, 0.2) is 6.17 Å². The maximum absolute atomic E-state index is 13.6. The number of ether oxygens (including phenoxy) is 3. The molecule has 1 aromatic rings. The molecule has 5 atom stereocenters. The molecule has 33 heavy (non-hydrogen) atoms. The molecular formula is C18H15F3I2O8S2. The highest BCUT2D eigenvalue weighted by Crippen LogP contribution is 2.58. The van der Waals surface area contributed by atoms with Gasteiger partial charge in [-0.1, -0.05) is 0 Å². The highest BCUT2D eigenvalue weighted by atomic mass is 127. The first-order chi connectivity index (χ1) is 15.3. The minimum Gasteiger partial charge on any atom is -0.465 e. The van der Waals surface area contributed by atoms with Crippen LogP contribution in [-0.2, 0) is 24.4 Å². The number of carbonyl (C=O) groups is 2. The van der Waals surface area contributed by atoms with Gasteiger partial charge in [0.25, 0.3) is 5.79 Å². The van der Waals surface area contributed by atoms with Gasteiger partial charge in [0.05, 0.1) is 17.8 Å². The third-order valence-electron chi connectivity index (χ3n) is 5.67. The van der Waals surface area contributed by atoms with E-state index in [4.69, 9.17) is 18.8 Å². The van der Waals surface area contributed by atoms with Gasteiger partial charge in [-0.3, -0.25) is 9.35 Å². The SMILES string of the molecule is O=C1OC2(CC3SC2CC3C(=O)OCCC(F)C(F)(F)S(=O)(=O)O)Oc2ccc(I)c(I)c21. The van der Waals surface area contributed by atoms with E-state index in [1.165, 1.54) is 11.8 Å². The number of rotatable bonds is 6. The molecule has 2 bridgehead atoms. The van der Waals surface area contributed by atoms with Crippen LogP contribution in [0.1, 0.15) is 29.6 Å². The summed E-state index contributed by atoms with van der Waals surface area (Å²) in [5.41, 5.74) is 0.347. The Hall–Kier alpha value is -0.530. The number of carbonyl (C=O) groups excluding carboxylic acids is 2. The van der Waals surface area contributed by atoms with Gasteiger partial charge in [-0.2, -0.15) is 17.2 Å². The van der Waals surface area contributed by atoms with E-state index in [9.17, 15) is 31.2 Å². The Bertz CT molecular complexity index is 1120. The molecule has 1 N–H and O–H groups in total. The molecule has 0 aromatic heterocycles. The van der Waals surface area contributed by atoms with Crippen LogP contribution >= 0.6 is 56.9 Å². The highest BCUT2D eigenvalue weighted by Gasteiger charge is 2.64. The van der Waals surface area contributed by atoms with Crippen LogP contribution in [-0.4, -0.2) is 59.2 Å². The topological polar surface area (TPSA) is 116 Å². The third-order valence-corrected chi connectivity index (χ3v) is 11.4. The van der Waals surface area contributed by atoms with Crippen molar-refractivity contribution in [1.82, 2.24) is 0 Å². The molecule has 8 nitrogen and oxygen atoms in total. The van der Waals surface area contributed by atoms with Crippen molar-refractivity contribution in [2.75, 3.05) is 6.61 Å². The quantitative estimate of drug-likeness (QED) is 0.265. The van der Waals surface area contributed by atoms with Crippen molar-refractivity contribution in [3.05, 3.63) is 24.8 Å². The van der Waals surface area contributed by atoms with Gasteiger partial charge in [-0.25, -0.2) is 9.18 Å². The minimum absolute atomic E-state index is 0.211. The van der Waals surface area contributed by atoms with Gasteiger partial charge in [0, 0.05) is 25.2 Å². The Balaban J connectivity index is 1.37. The molecule has 3 aliphatic rings. The van der Waals surface area contributed by atoms with Gasteiger partial charge in [0.1, 0.15) is 11.3 Å². The summed E-state index contributed by atoms with van der Waals surface area (Å²) in [5.74, 6) is -2.74. The summed E-state index contributed by atoms with van der Waals surface area (Å²) in [6.45, 7) is -0.787. The number of esters is 2. The zero-order valence-corrected chi connectivity index (χ0v) is 22.3. The number of halogens is 5. The normalized spacial score (nSPS) is 29.4. The Morgan fingerprint density at radius 2 is 2.06 bits per heavy atom. The predicted molar refractivity (Wildman–Crippen MR) is 126 cm³/mol. The Kier molecular flexibility index (Phi) is 6.85. The van der Waals surface area contributed by atoms with E-state index in [0.29, 0.717) is 14.9 Å². The number of thioether (sulfide) groups is 1. The predicted octanol–water partition coefficient (Wildman–Crippen LogP) is 3.79. The molecule has 182 valence electrons. The van der Waals surface area contributed by atoms with Crippen molar-refractivity contribution in [2.24, 2.45) is 5.92 Å². The average Bonchev–Trinajstić information content (AvgIpc) is 3.27. The molecule has 1 spiro atoms. The molecular weight excluding hydrogens is 719 g/mol. The summed E-state index contributed by atoms with van der Waals surface area (Å²) < 4.78 is 87.9. The average molecular weight is 734 g/mol. The lowest BCUT2D eigenvalue weighted by atomic mass is 9.84. The largest absolute Gasteiger partial charge is 0.465 e. The summed E-state index contributed by atoms with van der Waals surface area (Å²) in [6.07, 6.45) is -3.90. The molecule has 4 rings (SSSR count). The maximum Gasteiger partial charge on any atom is 0.400 e. The van der Waals surface area contributed by atoms with Gasteiger partial charge in [-0.15, -0.1) is 11.8 Å². The van der Waals surface area contributed by atoms with E-state index in [1.54, 1.807) is 6.07 Å². The molecule has 15 heteroatoms. The molecule has 0 saturated carbocycles. The fourth-order valence-corrected chi connectivity index (χ4v) is 7.45. The van der Waals surface area contributed by atoms with Crippen LogP contribution in [0.3, 0.4) is 0 Å². The number of benzene rings is 1. The summed E-state index contributed by atoms with van der Waals surface area (Å²) in [7, 11) is -5.93. The molecule has 3 aliphatic heterocycles. The van der Waals surface area contributed by atoms with Crippen LogP contribution < -0.4 is 4.74 Å². The zero-order chi connectivity index (χ0) is 24.3. The van der Waals surface area contributed by atoms with E-state index >= 15 is 0 Å². The molecule has 0 aliphatic carbocycles. The first kappa shape index (κ1) is 25.6. The van der Waals surface area contributed by atoms with E-state index in [-0.39, 0.29) is 23.3 Å². The summed E-state index contributed by atoms with van der Waals surface area (Å²) in [6, 6.07) is 3.51. The maximum atomic E-state index is 13.6. The lowest BCUT2D eigenvalue weighted by molar-refractivity contribution is -0.172. The highest BCUT2D eigenvalue weighted by molar-refractivity contribution is 14.1. The second-order valence-electron chi connectivity index (χ2n) is 7.71. The molecule has 3 heterocycles. The number of hydrogen-bond acceptors (Lipinski definition) is 8. The van der Waals surface area contributed by atoms with Gasteiger partial charge in [0.2, 0.25) is 0 Å². The van der Waals surface area contributed by atoms with Crippen molar-refractivity contribution in [3.8, 4) is 5.75 Å². The molecule has 0 radical (unpaired) electrons. The Morgan fingerprint density at radius 3 is 2.67 bits per heavy atom.